The van der Waals surface area contributed by atoms with Crippen LogP contribution in [-0.4, -0.2) is 29.9 Å². The molecule has 0 amide bonds. The van der Waals surface area contributed by atoms with Gasteiger partial charge in [-0.3, -0.25) is 0 Å². The van der Waals surface area contributed by atoms with E-state index in [9.17, 15) is 13.2 Å². The van der Waals surface area contributed by atoms with Crippen molar-refractivity contribution in [2.24, 2.45) is 0 Å². The van der Waals surface area contributed by atoms with Gasteiger partial charge in [0.1, 0.15) is 17.6 Å². The molecule has 0 fully saturated rings. The van der Waals surface area contributed by atoms with Crippen LogP contribution < -0.4 is 10.1 Å². The van der Waals surface area contributed by atoms with Crippen molar-refractivity contribution in [3.8, 4) is 11.8 Å². The maximum Gasteiger partial charge on any atom is 0.433 e. The van der Waals surface area contributed by atoms with Crippen molar-refractivity contribution in [1.29, 1.82) is 0 Å². The van der Waals surface area contributed by atoms with Gasteiger partial charge in [-0.2, -0.15) is 18.2 Å². The molecule has 0 spiro atoms. The molecule has 1 atom stereocenters. The van der Waals surface area contributed by atoms with Crippen LogP contribution in [0, 0.1) is 0 Å². The smallest absolute Gasteiger partial charge is 0.424 e. The Hall–Kier alpha value is -3.89. The summed E-state index contributed by atoms with van der Waals surface area (Å²) in [7, 11) is 0. The zero-order valence-electron chi connectivity index (χ0n) is 15.5. The molecular formula is C19H14F3N7O. The van der Waals surface area contributed by atoms with Crippen molar-refractivity contribution in [1.82, 2.24) is 29.9 Å². The van der Waals surface area contributed by atoms with E-state index < -0.39 is 11.9 Å². The van der Waals surface area contributed by atoms with Gasteiger partial charge in [0.15, 0.2) is 17.2 Å². The minimum absolute atomic E-state index is 0.149. The lowest BCUT2D eigenvalue weighted by Gasteiger charge is -2.16. The number of rotatable bonds is 5. The minimum Gasteiger partial charge on any atom is -0.424 e. The molecule has 152 valence electrons. The zero-order valence-corrected chi connectivity index (χ0v) is 15.5. The first-order chi connectivity index (χ1) is 14.4. The molecule has 0 bridgehead atoms. The summed E-state index contributed by atoms with van der Waals surface area (Å²) in [4.78, 5) is 23.8. The molecule has 3 heterocycles. The zero-order chi connectivity index (χ0) is 21.1. The van der Waals surface area contributed by atoms with Crippen LogP contribution in [0.4, 0.5) is 19.0 Å². The van der Waals surface area contributed by atoms with E-state index in [1.807, 2.05) is 6.92 Å². The quantitative estimate of drug-likeness (QED) is 0.520. The van der Waals surface area contributed by atoms with E-state index in [0.717, 1.165) is 17.8 Å². The lowest BCUT2D eigenvalue weighted by atomic mass is 10.1. The molecule has 0 aliphatic heterocycles. The highest BCUT2D eigenvalue weighted by atomic mass is 19.4. The summed E-state index contributed by atoms with van der Waals surface area (Å²) in [6.45, 7) is 1.93. The van der Waals surface area contributed by atoms with Crippen LogP contribution in [0.15, 0.2) is 55.2 Å². The van der Waals surface area contributed by atoms with E-state index in [4.69, 9.17) is 4.74 Å². The van der Waals surface area contributed by atoms with Crippen molar-refractivity contribution in [3.05, 3.63) is 66.5 Å². The van der Waals surface area contributed by atoms with Gasteiger partial charge in [-0.05, 0) is 30.7 Å². The number of fused-ring (bicyclic) bond motifs is 1. The van der Waals surface area contributed by atoms with Crippen LogP contribution >= 0.6 is 0 Å². The van der Waals surface area contributed by atoms with Crippen LogP contribution in [-0.2, 0) is 6.18 Å². The van der Waals surface area contributed by atoms with Crippen LogP contribution in [0.3, 0.4) is 0 Å². The third-order valence-electron chi connectivity index (χ3n) is 4.14. The number of aromatic nitrogens is 6. The molecule has 1 N–H and O–H groups in total. The highest BCUT2D eigenvalue weighted by Gasteiger charge is 2.33. The molecule has 1 aromatic carbocycles. The maximum absolute atomic E-state index is 12.8. The topological polar surface area (TPSA) is 98.6 Å². The lowest BCUT2D eigenvalue weighted by molar-refractivity contribution is -0.141. The van der Waals surface area contributed by atoms with E-state index in [1.165, 1.54) is 6.33 Å². The predicted molar refractivity (Wildman–Crippen MR) is 101 cm³/mol. The molecule has 0 saturated heterocycles. The molecule has 1 unspecified atom stereocenters. The van der Waals surface area contributed by atoms with Gasteiger partial charge in [-0.1, -0.05) is 12.1 Å². The van der Waals surface area contributed by atoms with Crippen LogP contribution in [0.2, 0.25) is 0 Å². The first-order valence-electron chi connectivity index (χ1n) is 8.76. The Kier molecular flexibility index (Phi) is 5.09. The average Bonchev–Trinajstić information content (AvgIpc) is 2.74. The summed E-state index contributed by atoms with van der Waals surface area (Å²) in [5.41, 5.74) is 0.852. The fraction of sp³-hybridized carbons (Fsp3) is 0.158. The number of benzene rings is 1. The number of ether oxygens (including phenoxy) is 1. The number of alkyl halides is 3. The molecule has 4 aromatic rings. The number of hydrogen-bond acceptors (Lipinski definition) is 8. The van der Waals surface area contributed by atoms with E-state index in [0.29, 0.717) is 22.7 Å². The van der Waals surface area contributed by atoms with Crippen molar-refractivity contribution < 1.29 is 17.9 Å². The first-order valence-corrected chi connectivity index (χ1v) is 8.76. The van der Waals surface area contributed by atoms with Crippen LogP contribution in [0.5, 0.6) is 11.8 Å². The van der Waals surface area contributed by atoms with Gasteiger partial charge in [-0.15, -0.1) is 0 Å². The van der Waals surface area contributed by atoms with Gasteiger partial charge < -0.3 is 10.1 Å². The van der Waals surface area contributed by atoms with Crippen molar-refractivity contribution in [2.75, 3.05) is 5.32 Å². The lowest BCUT2D eigenvalue weighted by Crippen LogP contribution is -2.09. The normalized spacial score (nSPS) is 12.5. The molecule has 0 aliphatic carbocycles. The highest BCUT2D eigenvalue weighted by molar-refractivity contribution is 5.81. The molecule has 11 heteroatoms. The summed E-state index contributed by atoms with van der Waals surface area (Å²) < 4.78 is 43.6. The Balaban J connectivity index is 1.48. The predicted octanol–water partition coefficient (Wildman–Crippen LogP) is 4.19. The van der Waals surface area contributed by atoms with Gasteiger partial charge >= 0.3 is 12.2 Å². The molecule has 0 saturated carbocycles. The largest absolute Gasteiger partial charge is 0.433 e. The van der Waals surface area contributed by atoms with Crippen LogP contribution in [0.25, 0.3) is 11.2 Å². The summed E-state index contributed by atoms with van der Waals surface area (Å²) in [6.07, 6.45) is 0.943. The summed E-state index contributed by atoms with van der Waals surface area (Å²) in [5.74, 6) is 0.849. The van der Waals surface area contributed by atoms with Crippen molar-refractivity contribution >= 4 is 17.0 Å². The second-order valence-electron chi connectivity index (χ2n) is 6.21. The number of hydrogen-bond donors (Lipinski definition) is 1. The van der Waals surface area contributed by atoms with Gasteiger partial charge in [-0.25, -0.2) is 24.9 Å². The third kappa shape index (κ3) is 4.24. The maximum atomic E-state index is 12.8. The number of nitrogens with zero attached hydrogens (tertiary/aromatic N) is 6. The third-order valence-corrected chi connectivity index (χ3v) is 4.14. The Labute approximate surface area is 168 Å². The SMILES string of the molecule is CC(Nc1ncnc2nccnc12)c1ccc(Oc2nccc(C(F)(F)F)n2)cc1. The summed E-state index contributed by atoms with van der Waals surface area (Å²) in [6, 6.07) is 7.04. The van der Waals surface area contributed by atoms with Gasteiger partial charge in [0.05, 0.1) is 6.04 Å². The highest BCUT2D eigenvalue weighted by Crippen LogP contribution is 2.29. The van der Waals surface area contributed by atoms with Gasteiger partial charge in [0.25, 0.3) is 0 Å². The van der Waals surface area contributed by atoms with Crippen molar-refractivity contribution in [2.45, 2.75) is 19.1 Å². The van der Waals surface area contributed by atoms with Gasteiger partial charge in [0.2, 0.25) is 0 Å². The fourth-order valence-electron chi connectivity index (χ4n) is 2.67. The molecule has 3 aromatic heterocycles. The Morgan fingerprint density at radius 2 is 1.67 bits per heavy atom. The molecule has 8 nitrogen and oxygen atoms in total. The number of halogens is 3. The minimum atomic E-state index is -4.57. The van der Waals surface area contributed by atoms with Crippen LogP contribution in [0.1, 0.15) is 24.2 Å². The molecular weight excluding hydrogens is 399 g/mol. The van der Waals surface area contributed by atoms with Gasteiger partial charge in [0, 0.05) is 18.6 Å². The van der Waals surface area contributed by atoms with E-state index in [2.05, 4.69) is 35.2 Å². The average molecular weight is 413 g/mol. The Morgan fingerprint density at radius 3 is 2.43 bits per heavy atom. The molecule has 30 heavy (non-hydrogen) atoms. The Morgan fingerprint density at radius 1 is 0.900 bits per heavy atom. The molecule has 4 rings (SSSR count). The van der Waals surface area contributed by atoms with E-state index >= 15 is 0 Å². The monoisotopic (exact) mass is 413 g/mol. The van der Waals surface area contributed by atoms with E-state index in [-0.39, 0.29) is 12.1 Å². The molecule has 0 radical (unpaired) electrons. The summed E-state index contributed by atoms with van der Waals surface area (Å²) >= 11 is 0. The van der Waals surface area contributed by atoms with E-state index in [1.54, 1.807) is 36.7 Å². The second-order valence-corrected chi connectivity index (χ2v) is 6.21. The first kappa shape index (κ1) is 19.4. The summed E-state index contributed by atoms with van der Waals surface area (Å²) in [5, 5.41) is 3.25. The van der Waals surface area contributed by atoms with Crippen molar-refractivity contribution in [3.63, 3.8) is 0 Å². The fourth-order valence-corrected chi connectivity index (χ4v) is 2.67. The number of anilines is 1. The standard InChI is InChI=1S/C19H14F3N7O/c1-11(28-17-15-16(26-10-27-17)24-9-8-23-15)12-2-4-13(5-3-12)30-18-25-7-6-14(29-18)19(20,21)22/h2-11H,1H3,(H,24,26,27,28). The Bertz CT molecular complexity index is 1160. The second kappa shape index (κ2) is 7.85. The number of nitrogens with one attached hydrogen (secondary N) is 1. The molecule has 0 aliphatic rings.